The molecule has 0 aromatic carbocycles. The van der Waals surface area contributed by atoms with Gasteiger partial charge in [0, 0.05) is 12.8 Å². The van der Waals surface area contributed by atoms with Crippen molar-refractivity contribution in [2.24, 2.45) is 0 Å². The van der Waals surface area contributed by atoms with Crippen LogP contribution >= 0.6 is 0 Å². The number of carbonyl (C=O) groups is 2. The molecule has 0 rings (SSSR count). The number of rotatable bonds is 56. The highest BCUT2D eigenvalue weighted by Crippen LogP contribution is 2.17. The monoisotopic (exact) mass is 977 g/mol. The third-order valence-corrected chi connectivity index (χ3v) is 13.5. The topological polar surface area (TPSA) is 72.8 Å². The van der Waals surface area contributed by atoms with Crippen molar-refractivity contribution >= 4 is 11.9 Å². The van der Waals surface area contributed by atoms with Crippen LogP contribution in [-0.2, 0) is 19.1 Å². The van der Waals surface area contributed by atoms with Gasteiger partial charge in [-0.2, -0.15) is 0 Å². The highest BCUT2D eigenvalue weighted by Gasteiger charge is 2.16. The van der Waals surface area contributed by atoms with E-state index in [9.17, 15) is 14.7 Å². The molecule has 1 unspecified atom stereocenters. The van der Waals surface area contributed by atoms with Crippen LogP contribution in [0.5, 0.6) is 0 Å². The summed E-state index contributed by atoms with van der Waals surface area (Å²) in [6.45, 7) is 4.04. The minimum absolute atomic E-state index is 0.0685. The number of carbonyl (C=O) groups excluding carboxylic acids is 2. The summed E-state index contributed by atoms with van der Waals surface area (Å²) in [5, 5.41) is 9.66. The molecule has 0 saturated carbocycles. The van der Waals surface area contributed by atoms with Crippen molar-refractivity contribution in [1.82, 2.24) is 0 Å². The van der Waals surface area contributed by atoms with Crippen molar-refractivity contribution in [3.8, 4) is 0 Å². The first-order valence-electron chi connectivity index (χ1n) is 30.5. The molecular formula is C65H116O5. The predicted octanol–water partition coefficient (Wildman–Crippen LogP) is 20.8. The quantitative estimate of drug-likeness (QED) is 0.0373. The summed E-state index contributed by atoms with van der Waals surface area (Å²) >= 11 is 0. The standard InChI is InChI=1S/C65H116O5/c1-3-5-7-9-11-13-15-17-19-21-23-25-26-27-28-29-30-31-32-33-34-35-36-37-38-40-41-43-45-47-49-51-53-55-57-59-64(67)69-62-63(61-66)70-65(68)60-58-56-54-52-50-48-46-44-42-39-24-22-20-18-16-14-12-10-8-6-4-2/h6,8,12,14-15,17-18,20-21,23-24,39,63,66H,3-5,7,9-11,13,16,19,22,25-38,40-62H2,1-2H3/b8-6-,14-12-,17-15-,20-18-,23-21-,39-24-. The molecule has 0 heterocycles. The Morgan fingerprint density at radius 2 is 0.614 bits per heavy atom. The number of aliphatic hydroxyl groups excluding tert-OH is 1. The molecule has 0 saturated heterocycles. The van der Waals surface area contributed by atoms with E-state index in [2.05, 4.69) is 86.8 Å². The van der Waals surface area contributed by atoms with Crippen molar-refractivity contribution in [2.75, 3.05) is 13.2 Å². The molecule has 5 nitrogen and oxygen atoms in total. The van der Waals surface area contributed by atoms with Gasteiger partial charge in [0.2, 0.25) is 0 Å². The van der Waals surface area contributed by atoms with Crippen molar-refractivity contribution in [1.29, 1.82) is 0 Å². The van der Waals surface area contributed by atoms with Crippen LogP contribution in [0.3, 0.4) is 0 Å². The van der Waals surface area contributed by atoms with Gasteiger partial charge in [-0.15, -0.1) is 0 Å². The fourth-order valence-electron chi connectivity index (χ4n) is 8.93. The Kier molecular flexibility index (Phi) is 58.3. The Hall–Kier alpha value is -2.66. The summed E-state index contributed by atoms with van der Waals surface area (Å²) in [6.07, 6.45) is 83.3. The van der Waals surface area contributed by atoms with Gasteiger partial charge in [-0.3, -0.25) is 9.59 Å². The predicted molar refractivity (Wildman–Crippen MR) is 306 cm³/mol. The molecule has 406 valence electrons. The molecule has 5 heteroatoms. The molecule has 0 spiro atoms. The van der Waals surface area contributed by atoms with Crippen molar-refractivity contribution < 1.29 is 24.2 Å². The summed E-state index contributed by atoms with van der Waals surface area (Å²) in [4.78, 5) is 24.5. The number of hydrogen-bond acceptors (Lipinski definition) is 5. The highest BCUT2D eigenvalue weighted by atomic mass is 16.6. The molecule has 70 heavy (non-hydrogen) atoms. The van der Waals surface area contributed by atoms with Gasteiger partial charge >= 0.3 is 11.9 Å². The van der Waals surface area contributed by atoms with E-state index in [1.807, 2.05) is 0 Å². The van der Waals surface area contributed by atoms with Crippen LogP contribution in [0.2, 0.25) is 0 Å². The van der Waals surface area contributed by atoms with Crippen LogP contribution in [0.1, 0.15) is 309 Å². The summed E-state index contributed by atoms with van der Waals surface area (Å²) < 4.78 is 10.7. The molecule has 0 aromatic rings. The lowest BCUT2D eigenvalue weighted by Crippen LogP contribution is -2.28. The smallest absolute Gasteiger partial charge is 0.306 e. The second-order valence-corrected chi connectivity index (χ2v) is 20.4. The number of aliphatic hydroxyl groups is 1. The van der Waals surface area contributed by atoms with Crippen LogP contribution in [0.4, 0.5) is 0 Å². The van der Waals surface area contributed by atoms with Gasteiger partial charge in [-0.1, -0.05) is 286 Å². The van der Waals surface area contributed by atoms with Crippen LogP contribution < -0.4 is 0 Å². The van der Waals surface area contributed by atoms with E-state index < -0.39 is 6.10 Å². The zero-order valence-electron chi connectivity index (χ0n) is 46.5. The zero-order valence-corrected chi connectivity index (χ0v) is 46.5. The van der Waals surface area contributed by atoms with Crippen LogP contribution in [0.25, 0.3) is 0 Å². The van der Waals surface area contributed by atoms with E-state index in [0.717, 1.165) is 77.0 Å². The Morgan fingerprint density at radius 3 is 0.929 bits per heavy atom. The van der Waals surface area contributed by atoms with Gasteiger partial charge in [0.15, 0.2) is 6.10 Å². The van der Waals surface area contributed by atoms with E-state index in [0.29, 0.717) is 12.8 Å². The molecule has 0 amide bonds. The van der Waals surface area contributed by atoms with E-state index in [1.54, 1.807) is 0 Å². The Balaban J connectivity index is 3.43. The largest absolute Gasteiger partial charge is 0.462 e. The first kappa shape index (κ1) is 67.3. The fourth-order valence-corrected chi connectivity index (χ4v) is 8.93. The molecule has 0 bridgehead atoms. The second-order valence-electron chi connectivity index (χ2n) is 20.4. The SMILES string of the molecule is CC/C=C\C/C=C\C/C=C\C/C=C\CCCCCCCCCCC(=O)OC(CO)COC(=O)CCCCCCCCCCCCCCCCCCCCCCCCC/C=C\C/C=C\CCCCCCC. The number of ether oxygens (including phenoxy) is 2. The maximum Gasteiger partial charge on any atom is 0.306 e. The molecule has 0 aliphatic rings. The van der Waals surface area contributed by atoms with Crippen LogP contribution in [0, 0.1) is 0 Å². The van der Waals surface area contributed by atoms with Gasteiger partial charge in [-0.05, 0) is 83.5 Å². The van der Waals surface area contributed by atoms with E-state index in [4.69, 9.17) is 9.47 Å². The van der Waals surface area contributed by atoms with Gasteiger partial charge in [0.25, 0.3) is 0 Å². The van der Waals surface area contributed by atoms with Gasteiger partial charge in [0.1, 0.15) is 6.61 Å². The van der Waals surface area contributed by atoms with Gasteiger partial charge in [-0.25, -0.2) is 0 Å². The summed E-state index contributed by atoms with van der Waals surface area (Å²) in [7, 11) is 0. The maximum absolute atomic E-state index is 12.3. The molecule has 0 aliphatic carbocycles. The third kappa shape index (κ3) is 57.9. The van der Waals surface area contributed by atoms with Crippen molar-refractivity contribution in [2.45, 2.75) is 315 Å². The van der Waals surface area contributed by atoms with Crippen molar-refractivity contribution in [3.05, 3.63) is 72.9 Å². The lowest BCUT2D eigenvalue weighted by atomic mass is 10.0. The summed E-state index contributed by atoms with van der Waals surface area (Å²) in [6, 6.07) is 0. The van der Waals surface area contributed by atoms with E-state index in [1.165, 1.54) is 205 Å². The number of unbranched alkanes of at least 4 members (excludes halogenated alkanes) is 36. The maximum atomic E-state index is 12.3. The third-order valence-electron chi connectivity index (χ3n) is 13.5. The summed E-state index contributed by atoms with van der Waals surface area (Å²) in [5.41, 5.74) is 0. The van der Waals surface area contributed by atoms with Crippen LogP contribution in [0.15, 0.2) is 72.9 Å². The van der Waals surface area contributed by atoms with Crippen molar-refractivity contribution in [3.63, 3.8) is 0 Å². The molecule has 0 aromatic heterocycles. The molecular weight excluding hydrogens is 861 g/mol. The normalized spacial score (nSPS) is 12.7. The first-order valence-corrected chi connectivity index (χ1v) is 30.5. The number of allylic oxidation sites excluding steroid dienone is 12. The average molecular weight is 978 g/mol. The molecule has 0 aliphatic heterocycles. The molecule has 1 N–H and O–H groups in total. The minimum Gasteiger partial charge on any atom is -0.462 e. The van der Waals surface area contributed by atoms with Gasteiger partial charge in [0.05, 0.1) is 6.61 Å². The average Bonchev–Trinajstić information content (AvgIpc) is 3.36. The minimum atomic E-state index is -0.779. The Labute approximate surface area is 435 Å². The van der Waals surface area contributed by atoms with Gasteiger partial charge < -0.3 is 14.6 Å². The molecule has 0 fully saturated rings. The number of hydrogen-bond donors (Lipinski definition) is 1. The lowest BCUT2D eigenvalue weighted by Gasteiger charge is -2.15. The lowest BCUT2D eigenvalue weighted by molar-refractivity contribution is -0.161. The zero-order chi connectivity index (χ0) is 50.6. The molecule has 0 radical (unpaired) electrons. The van der Waals surface area contributed by atoms with E-state index >= 15 is 0 Å². The van der Waals surface area contributed by atoms with Crippen LogP contribution in [-0.4, -0.2) is 36.4 Å². The number of esters is 2. The van der Waals surface area contributed by atoms with E-state index in [-0.39, 0.29) is 25.2 Å². The first-order chi connectivity index (χ1) is 34.6. The highest BCUT2D eigenvalue weighted by molar-refractivity contribution is 5.70. The Bertz CT molecular complexity index is 1240. The Morgan fingerprint density at radius 1 is 0.343 bits per heavy atom. The summed E-state index contributed by atoms with van der Waals surface area (Å²) in [5.74, 6) is -0.589. The molecule has 1 atom stereocenters. The fraction of sp³-hybridized carbons (Fsp3) is 0.785. The second kappa shape index (κ2) is 60.6.